The van der Waals surface area contributed by atoms with Gasteiger partial charge in [0, 0.05) is 22.4 Å². The van der Waals surface area contributed by atoms with Crippen molar-refractivity contribution in [2.45, 2.75) is 6.92 Å². The summed E-state index contributed by atoms with van der Waals surface area (Å²) >= 11 is 0. The number of carbonyl (C=O) groups excluding carboxylic acids is 3. The number of benzene rings is 4. The quantitative estimate of drug-likeness (QED) is 0.168. The Hall–Kier alpha value is -5.43. The lowest BCUT2D eigenvalue weighted by Crippen LogP contribution is -2.30. The van der Waals surface area contributed by atoms with Crippen LogP contribution in [-0.2, 0) is 4.79 Å². The number of allylic oxidation sites excluding steroid dienone is 1. The summed E-state index contributed by atoms with van der Waals surface area (Å²) in [4.78, 5) is 38.9. The topological polar surface area (TPSA) is 93.7 Å². The third kappa shape index (κ3) is 8.03. The first-order chi connectivity index (χ1) is 20.0. The van der Waals surface area contributed by atoms with Gasteiger partial charge in [-0.3, -0.25) is 14.4 Å². The SMILES string of the molecule is CCOc1ccccc1/C=C/C(=O)c1ccc(NC(=O)/C(=C/c2ccc(OC)cc2)NC(=O)c2ccccc2)cc1. The minimum Gasteiger partial charge on any atom is -0.497 e. The monoisotopic (exact) mass is 546 g/mol. The van der Waals surface area contributed by atoms with Crippen LogP contribution >= 0.6 is 0 Å². The maximum Gasteiger partial charge on any atom is 0.272 e. The smallest absolute Gasteiger partial charge is 0.272 e. The van der Waals surface area contributed by atoms with Gasteiger partial charge in [0.05, 0.1) is 13.7 Å². The summed E-state index contributed by atoms with van der Waals surface area (Å²) < 4.78 is 10.8. The molecule has 206 valence electrons. The number of carbonyl (C=O) groups is 3. The fourth-order valence-electron chi connectivity index (χ4n) is 3.89. The third-order valence-corrected chi connectivity index (χ3v) is 6.02. The van der Waals surface area contributed by atoms with E-state index in [-0.39, 0.29) is 11.5 Å². The average Bonchev–Trinajstić information content (AvgIpc) is 3.01. The van der Waals surface area contributed by atoms with Gasteiger partial charge in [-0.15, -0.1) is 0 Å². The number of methoxy groups -OCH3 is 1. The van der Waals surface area contributed by atoms with E-state index in [0.29, 0.717) is 40.5 Å². The first kappa shape index (κ1) is 28.6. The summed E-state index contributed by atoms with van der Waals surface area (Å²) in [6.45, 7) is 2.43. The van der Waals surface area contributed by atoms with Gasteiger partial charge in [0.25, 0.3) is 11.8 Å². The molecule has 0 bridgehead atoms. The highest BCUT2D eigenvalue weighted by Gasteiger charge is 2.15. The van der Waals surface area contributed by atoms with Crippen molar-refractivity contribution in [2.24, 2.45) is 0 Å². The Bertz CT molecular complexity index is 1560. The van der Waals surface area contributed by atoms with Crippen molar-refractivity contribution in [3.63, 3.8) is 0 Å². The van der Waals surface area contributed by atoms with Gasteiger partial charge in [0.1, 0.15) is 17.2 Å². The number of rotatable bonds is 11. The van der Waals surface area contributed by atoms with Crippen LogP contribution in [0.25, 0.3) is 12.2 Å². The molecule has 7 heteroatoms. The molecule has 0 radical (unpaired) electrons. The van der Waals surface area contributed by atoms with Gasteiger partial charge in [-0.2, -0.15) is 0 Å². The molecule has 0 spiro atoms. The van der Waals surface area contributed by atoms with Crippen LogP contribution < -0.4 is 20.1 Å². The molecular formula is C34H30N2O5. The van der Waals surface area contributed by atoms with Crippen molar-refractivity contribution in [2.75, 3.05) is 19.0 Å². The fourth-order valence-corrected chi connectivity index (χ4v) is 3.89. The largest absolute Gasteiger partial charge is 0.497 e. The normalized spacial score (nSPS) is 11.1. The Labute approximate surface area is 239 Å². The van der Waals surface area contributed by atoms with E-state index < -0.39 is 11.8 Å². The molecule has 4 aromatic rings. The summed E-state index contributed by atoms with van der Waals surface area (Å²) in [5, 5.41) is 5.51. The molecule has 2 N–H and O–H groups in total. The van der Waals surface area contributed by atoms with Crippen molar-refractivity contribution >= 4 is 35.4 Å². The molecule has 0 aliphatic rings. The predicted octanol–water partition coefficient (Wildman–Crippen LogP) is 6.40. The predicted molar refractivity (Wildman–Crippen MR) is 161 cm³/mol. The van der Waals surface area contributed by atoms with Gasteiger partial charge in [-0.05, 0) is 85.3 Å². The molecule has 4 aromatic carbocycles. The van der Waals surface area contributed by atoms with E-state index >= 15 is 0 Å². The van der Waals surface area contributed by atoms with Crippen LogP contribution in [-0.4, -0.2) is 31.3 Å². The van der Waals surface area contributed by atoms with Crippen molar-refractivity contribution in [1.29, 1.82) is 0 Å². The van der Waals surface area contributed by atoms with E-state index in [1.54, 1.807) is 92.1 Å². The summed E-state index contributed by atoms with van der Waals surface area (Å²) in [5.41, 5.74) is 2.90. The number of hydrogen-bond acceptors (Lipinski definition) is 5. The molecular weight excluding hydrogens is 516 g/mol. The Balaban J connectivity index is 1.49. The minimum absolute atomic E-state index is 0.0556. The summed E-state index contributed by atoms with van der Waals surface area (Å²) in [5.74, 6) is 0.250. The standard InChI is InChI=1S/C34H30N2O5/c1-3-41-32-12-8-7-9-26(32)17-22-31(37)25-15-18-28(19-16-25)35-34(39)30(23-24-13-20-29(40-2)21-14-24)36-33(38)27-10-5-4-6-11-27/h4-23H,3H2,1-2H3,(H,35,39)(H,36,38)/b22-17+,30-23-. The second-order valence-corrected chi connectivity index (χ2v) is 8.85. The Kier molecular flexibility index (Phi) is 9.82. The van der Waals surface area contributed by atoms with Crippen LogP contribution in [0.4, 0.5) is 5.69 Å². The number of ketones is 1. The number of ether oxygens (including phenoxy) is 2. The second-order valence-electron chi connectivity index (χ2n) is 8.85. The van der Waals surface area contributed by atoms with Gasteiger partial charge >= 0.3 is 0 Å². The van der Waals surface area contributed by atoms with Gasteiger partial charge < -0.3 is 20.1 Å². The minimum atomic E-state index is -0.517. The molecule has 7 nitrogen and oxygen atoms in total. The van der Waals surface area contributed by atoms with E-state index in [1.165, 1.54) is 6.08 Å². The average molecular weight is 547 g/mol. The molecule has 0 unspecified atom stereocenters. The summed E-state index contributed by atoms with van der Waals surface area (Å²) in [6.07, 6.45) is 4.79. The maximum absolute atomic E-state index is 13.3. The number of para-hydroxylation sites is 1. The van der Waals surface area contributed by atoms with Crippen LogP contribution in [0.5, 0.6) is 11.5 Å². The zero-order valence-electron chi connectivity index (χ0n) is 22.8. The maximum atomic E-state index is 13.3. The molecule has 2 amide bonds. The zero-order chi connectivity index (χ0) is 29.0. The number of anilines is 1. The lowest BCUT2D eigenvalue weighted by molar-refractivity contribution is -0.113. The first-order valence-corrected chi connectivity index (χ1v) is 13.0. The first-order valence-electron chi connectivity index (χ1n) is 13.0. The molecule has 0 fully saturated rings. The van der Waals surface area contributed by atoms with E-state index in [1.807, 2.05) is 37.3 Å². The Morgan fingerprint density at radius 3 is 2.15 bits per heavy atom. The summed E-state index contributed by atoms with van der Waals surface area (Å²) in [6, 6.07) is 29.7. The van der Waals surface area contributed by atoms with Gasteiger partial charge in [0.2, 0.25) is 0 Å². The summed E-state index contributed by atoms with van der Waals surface area (Å²) in [7, 11) is 1.57. The van der Waals surface area contributed by atoms with Gasteiger partial charge in [0.15, 0.2) is 5.78 Å². The highest BCUT2D eigenvalue weighted by Crippen LogP contribution is 2.20. The highest BCUT2D eigenvalue weighted by molar-refractivity contribution is 6.11. The van der Waals surface area contributed by atoms with Crippen LogP contribution in [0.15, 0.2) is 115 Å². The van der Waals surface area contributed by atoms with Crippen LogP contribution in [0.2, 0.25) is 0 Å². The van der Waals surface area contributed by atoms with Crippen LogP contribution in [0, 0.1) is 0 Å². The third-order valence-electron chi connectivity index (χ3n) is 6.02. The Morgan fingerprint density at radius 1 is 0.780 bits per heavy atom. The van der Waals surface area contributed by atoms with Crippen molar-refractivity contribution in [1.82, 2.24) is 5.32 Å². The number of nitrogens with one attached hydrogen (secondary N) is 2. The van der Waals surface area contributed by atoms with E-state index in [4.69, 9.17) is 9.47 Å². The van der Waals surface area contributed by atoms with E-state index in [2.05, 4.69) is 10.6 Å². The Morgan fingerprint density at radius 2 is 1.46 bits per heavy atom. The molecule has 0 saturated carbocycles. The molecule has 0 heterocycles. The molecule has 0 atom stereocenters. The van der Waals surface area contributed by atoms with Crippen molar-refractivity contribution in [3.8, 4) is 11.5 Å². The number of hydrogen-bond donors (Lipinski definition) is 2. The van der Waals surface area contributed by atoms with E-state index in [0.717, 1.165) is 5.56 Å². The molecule has 0 aliphatic carbocycles. The fraction of sp³-hybridized carbons (Fsp3) is 0.0882. The number of amides is 2. The lowest BCUT2D eigenvalue weighted by Gasteiger charge is -2.12. The highest BCUT2D eigenvalue weighted by atomic mass is 16.5. The van der Waals surface area contributed by atoms with Gasteiger partial charge in [-0.25, -0.2) is 0 Å². The van der Waals surface area contributed by atoms with Gasteiger partial charge in [-0.1, -0.05) is 48.5 Å². The van der Waals surface area contributed by atoms with Crippen molar-refractivity contribution in [3.05, 3.63) is 137 Å². The van der Waals surface area contributed by atoms with Crippen LogP contribution in [0.1, 0.15) is 38.8 Å². The molecule has 0 aliphatic heterocycles. The molecule has 4 rings (SSSR count). The molecule has 0 saturated heterocycles. The molecule has 0 aromatic heterocycles. The lowest BCUT2D eigenvalue weighted by atomic mass is 10.1. The van der Waals surface area contributed by atoms with Crippen molar-refractivity contribution < 1.29 is 23.9 Å². The second kappa shape index (κ2) is 14.1. The van der Waals surface area contributed by atoms with E-state index in [9.17, 15) is 14.4 Å². The molecule has 41 heavy (non-hydrogen) atoms. The van der Waals surface area contributed by atoms with Crippen LogP contribution in [0.3, 0.4) is 0 Å². The zero-order valence-corrected chi connectivity index (χ0v) is 22.8.